The van der Waals surface area contributed by atoms with E-state index in [4.69, 9.17) is 4.99 Å². The van der Waals surface area contributed by atoms with Gasteiger partial charge in [0.1, 0.15) is 11.7 Å². The second-order valence-corrected chi connectivity index (χ2v) is 8.88. The lowest BCUT2D eigenvalue weighted by Crippen LogP contribution is -2.52. The average Bonchev–Trinajstić information content (AvgIpc) is 2.80. The van der Waals surface area contributed by atoms with Gasteiger partial charge < -0.3 is 15.1 Å². The molecule has 1 N–H and O–H groups in total. The van der Waals surface area contributed by atoms with Gasteiger partial charge in [-0.25, -0.2) is 4.98 Å². The van der Waals surface area contributed by atoms with Gasteiger partial charge in [0, 0.05) is 45.0 Å². The highest BCUT2D eigenvalue weighted by atomic mass is 15.4. The molecule has 30 heavy (non-hydrogen) atoms. The standard InChI is InChI=1S/C24H32N6/c1-18-6-5-12-26-24(18)21-8-3-7-20(28(21)2)19-11-15-30-22(27-19)9-4-10-23(30)29-16-13-25-14-17-29/h4,6,9-10,19-21,25H,3,7-8,11,13-17H2,1-2H3/t19-,20-,21+/m1/s1. The fraction of sp³-hybridized carbons (Fsp3) is 0.583. The van der Waals surface area contributed by atoms with E-state index < -0.39 is 0 Å². The van der Waals surface area contributed by atoms with E-state index >= 15 is 0 Å². The molecule has 6 nitrogen and oxygen atoms in total. The maximum Gasteiger partial charge on any atom is 0.129 e. The van der Waals surface area contributed by atoms with Crippen LogP contribution >= 0.6 is 0 Å². The van der Waals surface area contributed by atoms with E-state index in [9.17, 15) is 0 Å². The number of allylic oxidation sites excluding steroid dienone is 2. The van der Waals surface area contributed by atoms with Crippen LogP contribution < -0.4 is 5.32 Å². The summed E-state index contributed by atoms with van der Waals surface area (Å²) in [5, 5.41) is 3.45. The van der Waals surface area contributed by atoms with Crippen molar-refractivity contribution in [2.24, 2.45) is 4.99 Å². The third-order valence-corrected chi connectivity index (χ3v) is 7.12. The quantitative estimate of drug-likeness (QED) is 0.838. The van der Waals surface area contributed by atoms with Crippen LogP contribution in [-0.4, -0.2) is 77.4 Å². The largest absolute Gasteiger partial charge is 0.355 e. The van der Waals surface area contributed by atoms with Gasteiger partial charge in [0.25, 0.3) is 0 Å². The Bertz CT molecular complexity index is 853. The summed E-state index contributed by atoms with van der Waals surface area (Å²) in [4.78, 5) is 17.3. The molecular weight excluding hydrogens is 372 g/mol. The Morgan fingerprint density at radius 2 is 2.00 bits per heavy atom. The highest BCUT2D eigenvalue weighted by Gasteiger charge is 2.37. The molecule has 0 saturated carbocycles. The molecule has 2 fully saturated rings. The zero-order valence-electron chi connectivity index (χ0n) is 18.1. The summed E-state index contributed by atoms with van der Waals surface area (Å²) in [5.74, 6) is 2.46. The van der Waals surface area contributed by atoms with Crippen molar-refractivity contribution in [1.82, 2.24) is 25.0 Å². The van der Waals surface area contributed by atoms with Crippen LogP contribution in [0.4, 0.5) is 0 Å². The second kappa shape index (κ2) is 8.41. The van der Waals surface area contributed by atoms with Gasteiger partial charge in [-0.15, -0.1) is 0 Å². The smallest absolute Gasteiger partial charge is 0.129 e. The fourth-order valence-electron chi connectivity index (χ4n) is 5.49. The Morgan fingerprint density at radius 1 is 1.13 bits per heavy atom. The summed E-state index contributed by atoms with van der Waals surface area (Å²) in [7, 11) is 2.27. The van der Waals surface area contributed by atoms with Crippen molar-refractivity contribution < 1.29 is 0 Å². The van der Waals surface area contributed by atoms with Gasteiger partial charge in [-0.05, 0) is 69.5 Å². The van der Waals surface area contributed by atoms with Gasteiger partial charge in [0.15, 0.2) is 0 Å². The lowest BCUT2D eigenvalue weighted by Gasteiger charge is -2.46. The minimum Gasteiger partial charge on any atom is -0.355 e. The Morgan fingerprint density at radius 3 is 2.83 bits per heavy atom. The number of aryl methyl sites for hydroxylation is 1. The topological polar surface area (TPSA) is 47.0 Å². The van der Waals surface area contributed by atoms with Crippen LogP contribution in [0.3, 0.4) is 0 Å². The van der Waals surface area contributed by atoms with Crippen molar-refractivity contribution in [1.29, 1.82) is 0 Å². The van der Waals surface area contributed by atoms with Crippen LogP contribution in [0.2, 0.25) is 0 Å². The van der Waals surface area contributed by atoms with Crippen LogP contribution in [0, 0.1) is 19.2 Å². The van der Waals surface area contributed by atoms with Crippen molar-refractivity contribution >= 4 is 5.84 Å². The zero-order chi connectivity index (χ0) is 20.5. The van der Waals surface area contributed by atoms with Crippen molar-refractivity contribution in [3.05, 3.63) is 53.6 Å². The molecule has 0 radical (unpaired) electrons. The molecule has 0 bridgehead atoms. The van der Waals surface area contributed by atoms with E-state index in [1.807, 2.05) is 6.07 Å². The maximum absolute atomic E-state index is 5.27. The van der Waals surface area contributed by atoms with Gasteiger partial charge in [0.05, 0.1) is 17.8 Å². The van der Waals surface area contributed by atoms with Gasteiger partial charge >= 0.3 is 0 Å². The molecule has 0 amide bonds. The van der Waals surface area contributed by atoms with E-state index in [1.165, 1.54) is 24.2 Å². The summed E-state index contributed by atoms with van der Waals surface area (Å²) < 4.78 is 0. The Hall–Kier alpha value is -2.36. The lowest BCUT2D eigenvalue weighted by atomic mass is 9.87. The van der Waals surface area contributed by atoms with Crippen LogP contribution in [0.1, 0.15) is 43.0 Å². The molecule has 1 aromatic rings. The Labute approximate surface area is 180 Å². The van der Waals surface area contributed by atoms with Crippen LogP contribution in [-0.2, 0) is 0 Å². The molecule has 158 valence electrons. The first-order valence-corrected chi connectivity index (χ1v) is 11.4. The van der Waals surface area contributed by atoms with E-state index in [2.05, 4.69) is 69.5 Å². The molecular formula is C24H32N6. The third-order valence-electron chi connectivity index (χ3n) is 7.12. The monoisotopic (exact) mass is 404 g/mol. The molecule has 0 unspecified atom stereocenters. The Kier molecular flexibility index (Phi) is 5.49. The van der Waals surface area contributed by atoms with Gasteiger partial charge in [-0.3, -0.25) is 9.89 Å². The molecule has 5 heterocycles. The zero-order valence-corrected chi connectivity index (χ0v) is 18.1. The number of fused-ring (bicyclic) bond motifs is 1. The molecule has 6 heteroatoms. The minimum absolute atomic E-state index is 0.343. The number of likely N-dealkylation sites (tertiary alicyclic amines) is 1. The average molecular weight is 405 g/mol. The number of rotatable bonds is 3. The molecule has 4 aliphatic heterocycles. The second-order valence-electron chi connectivity index (χ2n) is 8.88. The summed E-state index contributed by atoms with van der Waals surface area (Å²) >= 11 is 0. The number of piperazine rings is 1. The Balaban J connectivity index is 1.34. The van der Waals surface area contributed by atoms with Crippen molar-refractivity contribution in [2.45, 2.75) is 50.7 Å². The SMILES string of the molecule is Cc1cc#cnc1[C@@H]1CCC[C@H]([C@H]2CCN3C(N4CCNCC4)=CC=CC3=N2)N1C. The van der Waals surface area contributed by atoms with Crippen molar-refractivity contribution in [3.63, 3.8) is 0 Å². The number of aliphatic imine (C=N–C) groups is 1. The number of hydrogen-bond acceptors (Lipinski definition) is 6. The predicted molar refractivity (Wildman–Crippen MR) is 119 cm³/mol. The highest BCUT2D eigenvalue weighted by molar-refractivity contribution is 5.96. The first-order valence-electron chi connectivity index (χ1n) is 11.4. The van der Waals surface area contributed by atoms with Gasteiger partial charge in [-0.2, -0.15) is 0 Å². The molecule has 4 aliphatic rings. The van der Waals surface area contributed by atoms with E-state index in [0.29, 0.717) is 18.1 Å². The molecule has 1 aromatic heterocycles. The van der Waals surface area contributed by atoms with Gasteiger partial charge in [-0.1, -0.05) is 6.08 Å². The van der Waals surface area contributed by atoms with Crippen LogP contribution in [0.25, 0.3) is 0 Å². The predicted octanol–water partition coefficient (Wildman–Crippen LogP) is 2.31. The number of nitrogens with one attached hydrogen (secondary N) is 1. The molecule has 0 aromatic carbocycles. The number of hydrogen-bond donors (Lipinski definition) is 1. The van der Waals surface area contributed by atoms with Crippen molar-refractivity contribution in [3.8, 4) is 0 Å². The molecule has 0 spiro atoms. The summed E-state index contributed by atoms with van der Waals surface area (Å²) in [5.41, 5.74) is 2.38. The summed E-state index contributed by atoms with van der Waals surface area (Å²) in [6.45, 7) is 7.43. The van der Waals surface area contributed by atoms with E-state index in [0.717, 1.165) is 57.1 Å². The number of nitrogens with zero attached hydrogens (tertiary/aromatic N) is 5. The van der Waals surface area contributed by atoms with Crippen LogP contribution in [0.15, 0.2) is 35.1 Å². The molecule has 0 aliphatic carbocycles. The first kappa shape index (κ1) is 19.6. The normalized spacial score (nSPS) is 29.7. The summed E-state index contributed by atoms with van der Waals surface area (Å²) in [6.07, 6.45) is 14.2. The molecule has 5 rings (SSSR count). The summed E-state index contributed by atoms with van der Waals surface area (Å²) in [6, 6.07) is 6.16. The van der Waals surface area contributed by atoms with Crippen LogP contribution in [0.5, 0.6) is 0 Å². The lowest BCUT2D eigenvalue weighted by molar-refractivity contribution is 0.0867. The molecule has 3 atom stereocenters. The number of amidine groups is 1. The number of piperidine rings is 1. The fourth-order valence-corrected chi connectivity index (χ4v) is 5.49. The first-order chi connectivity index (χ1) is 14.7. The van der Waals surface area contributed by atoms with Crippen molar-refractivity contribution in [2.75, 3.05) is 39.8 Å². The van der Waals surface area contributed by atoms with E-state index in [-0.39, 0.29) is 0 Å². The number of aromatic nitrogens is 1. The van der Waals surface area contributed by atoms with E-state index in [1.54, 1.807) is 0 Å². The highest BCUT2D eigenvalue weighted by Crippen LogP contribution is 2.37. The molecule has 2 saturated heterocycles. The minimum atomic E-state index is 0.343. The number of likely N-dealkylation sites (N-methyl/N-ethyl adjacent to an activating group) is 1. The van der Waals surface area contributed by atoms with Gasteiger partial charge in [0.2, 0.25) is 0 Å². The third kappa shape index (κ3) is 3.61. The maximum atomic E-state index is 5.27.